The molecule has 0 radical (unpaired) electrons. The van der Waals surface area contributed by atoms with Gasteiger partial charge < -0.3 is 14.7 Å². The Hall–Kier alpha value is -1.10. The van der Waals surface area contributed by atoms with E-state index in [4.69, 9.17) is 4.52 Å². The van der Waals surface area contributed by atoms with E-state index in [9.17, 15) is 0 Å². The lowest BCUT2D eigenvalue weighted by molar-refractivity contribution is 0.141. The molecule has 2 saturated heterocycles. The minimum absolute atomic E-state index is 0.520. The molecule has 2 fully saturated rings. The first-order valence-corrected chi connectivity index (χ1v) is 6.10. The SMILES string of the molecule is CCc1noc(N2CC3(CCNCC3)C2)n1. The van der Waals surface area contributed by atoms with Crippen LogP contribution in [0.1, 0.15) is 25.6 Å². The van der Waals surface area contributed by atoms with Crippen LogP contribution in [0.3, 0.4) is 0 Å². The van der Waals surface area contributed by atoms with Gasteiger partial charge in [0.2, 0.25) is 0 Å². The summed E-state index contributed by atoms with van der Waals surface area (Å²) in [4.78, 5) is 6.57. The summed E-state index contributed by atoms with van der Waals surface area (Å²) in [5.41, 5.74) is 0.520. The highest BCUT2D eigenvalue weighted by atomic mass is 16.5. The highest BCUT2D eigenvalue weighted by Crippen LogP contribution is 2.40. The fourth-order valence-corrected chi connectivity index (χ4v) is 2.69. The topological polar surface area (TPSA) is 54.2 Å². The number of aromatic nitrogens is 2. The quantitative estimate of drug-likeness (QED) is 0.803. The molecule has 0 bridgehead atoms. The summed E-state index contributed by atoms with van der Waals surface area (Å²) in [6.07, 6.45) is 3.39. The molecule has 1 aromatic rings. The fraction of sp³-hybridized carbons (Fsp3) is 0.818. The number of hydrogen-bond donors (Lipinski definition) is 1. The first kappa shape index (κ1) is 10.1. The molecular weight excluding hydrogens is 204 g/mol. The van der Waals surface area contributed by atoms with Crippen LogP contribution in [0.4, 0.5) is 6.01 Å². The van der Waals surface area contributed by atoms with Gasteiger partial charge in [-0.05, 0) is 25.9 Å². The third-order valence-corrected chi connectivity index (χ3v) is 3.76. The van der Waals surface area contributed by atoms with Gasteiger partial charge in [-0.1, -0.05) is 12.1 Å². The number of nitrogens with one attached hydrogen (secondary N) is 1. The van der Waals surface area contributed by atoms with Crippen molar-refractivity contribution >= 4 is 6.01 Å². The number of rotatable bonds is 2. The summed E-state index contributed by atoms with van der Waals surface area (Å²) in [6, 6.07) is 0.709. The van der Waals surface area contributed by atoms with E-state index in [1.807, 2.05) is 6.92 Å². The Labute approximate surface area is 95.2 Å². The average molecular weight is 222 g/mol. The average Bonchev–Trinajstić information content (AvgIpc) is 2.75. The zero-order chi connectivity index (χ0) is 11.0. The Kier molecular flexibility index (Phi) is 2.35. The Morgan fingerprint density at radius 1 is 1.38 bits per heavy atom. The van der Waals surface area contributed by atoms with E-state index in [1.165, 1.54) is 12.8 Å². The molecule has 5 nitrogen and oxygen atoms in total. The molecule has 2 aliphatic rings. The first-order chi connectivity index (χ1) is 7.81. The van der Waals surface area contributed by atoms with Gasteiger partial charge in [-0.3, -0.25) is 0 Å². The van der Waals surface area contributed by atoms with Crippen LogP contribution in [0.15, 0.2) is 4.52 Å². The van der Waals surface area contributed by atoms with E-state index in [0.717, 1.165) is 38.4 Å². The molecule has 3 rings (SSSR count). The molecule has 16 heavy (non-hydrogen) atoms. The summed E-state index contributed by atoms with van der Waals surface area (Å²) < 4.78 is 5.24. The second-order valence-electron chi connectivity index (χ2n) is 4.95. The molecule has 0 aliphatic carbocycles. The number of piperidine rings is 1. The fourth-order valence-electron chi connectivity index (χ4n) is 2.69. The van der Waals surface area contributed by atoms with Gasteiger partial charge in [0.25, 0.3) is 0 Å². The summed E-state index contributed by atoms with van der Waals surface area (Å²) >= 11 is 0. The van der Waals surface area contributed by atoms with E-state index >= 15 is 0 Å². The van der Waals surface area contributed by atoms with Gasteiger partial charge in [0, 0.05) is 24.9 Å². The van der Waals surface area contributed by atoms with Gasteiger partial charge >= 0.3 is 6.01 Å². The Morgan fingerprint density at radius 3 is 2.75 bits per heavy atom. The number of hydrogen-bond acceptors (Lipinski definition) is 5. The maximum absolute atomic E-state index is 5.24. The Morgan fingerprint density at radius 2 is 2.12 bits per heavy atom. The molecule has 0 amide bonds. The van der Waals surface area contributed by atoms with Crippen LogP contribution in [-0.2, 0) is 6.42 Å². The lowest BCUT2D eigenvalue weighted by Crippen LogP contribution is -2.60. The van der Waals surface area contributed by atoms with Crippen molar-refractivity contribution < 1.29 is 4.52 Å². The van der Waals surface area contributed by atoms with Gasteiger partial charge in [0.1, 0.15) is 0 Å². The smallest absolute Gasteiger partial charge is 0.323 e. The van der Waals surface area contributed by atoms with Crippen LogP contribution in [0.2, 0.25) is 0 Å². The molecular formula is C11H18N4O. The molecule has 1 N–H and O–H groups in total. The summed E-state index contributed by atoms with van der Waals surface area (Å²) in [5, 5.41) is 7.34. The zero-order valence-corrected chi connectivity index (χ0v) is 9.70. The Bertz CT molecular complexity index is 362. The molecule has 2 aliphatic heterocycles. The van der Waals surface area contributed by atoms with Gasteiger partial charge in [0.15, 0.2) is 5.82 Å². The van der Waals surface area contributed by atoms with E-state index in [2.05, 4.69) is 20.4 Å². The van der Waals surface area contributed by atoms with Crippen LogP contribution in [-0.4, -0.2) is 36.3 Å². The van der Waals surface area contributed by atoms with Crippen LogP contribution in [0.5, 0.6) is 0 Å². The molecule has 0 unspecified atom stereocenters. The van der Waals surface area contributed by atoms with E-state index in [-0.39, 0.29) is 0 Å². The van der Waals surface area contributed by atoms with Crippen molar-refractivity contribution in [2.45, 2.75) is 26.2 Å². The Balaban J connectivity index is 1.63. The largest absolute Gasteiger partial charge is 0.324 e. The predicted octanol–water partition coefficient (Wildman–Crippen LogP) is 0.822. The van der Waals surface area contributed by atoms with E-state index in [1.54, 1.807) is 0 Å². The van der Waals surface area contributed by atoms with Crippen molar-refractivity contribution in [3.8, 4) is 0 Å². The number of anilines is 1. The predicted molar refractivity (Wildman–Crippen MR) is 60.4 cm³/mol. The van der Waals surface area contributed by atoms with Crippen LogP contribution < -0.4 is 10.2 Å². The maximum Gasteiger partial charge on any atom is 0.324 e. The molecule has 1 spiro atoms. The molecule has 0 atom stereocenters. The minimum Gasteiger partial charge on any atom is -0.323 e. The highest BCUT2D eigenvalue weighted by Gasteiger charge is 2.45. The lowest BCUT2D eigenvalue weighted by atomic mass is 9.73. The minimum atomic E-state index is 0.520. The van der Waals surface area contributed by atoms with Crippen molar-refractivity contribution in [2.75, 3.05) is 31.1 Å². The maximum atomic E-state index is 5.24. The molecule has 0 saturated carbocycles. The first-order valence-electron chi connectivity index (χ1n) is 6.10. The van der Waals surface area contributed by atoms with Crippen molar-refractivity contribution in [1.29, 1.82) is 0 Å². The van der Waals surface area contributed by atoms with Crippen LogP contribution in [0, 0.1) is 5.41 Å². The summed E-state index contributed by atoms with van der Waals surface area (Å²) in [6.45, 7) is 6.51. The van der Waals surface area contributed by atoms with Gasteiger partial charge in [0.05, 0.1) is 0 Å². The standard InChI is InChI=1S/C11H18N4O/c1-2-9-13-10(16-14-9)15-7-11(8-15)3-5-12-6-4-11/h12H,2-8H2,1H3. The van der Waals surface area contributed by atoms with E-state index < -0.39 is 0 Å². The summed E-state index contributed by atoms with van der Waals surface area (Å²) in [5.74, 6) is 0.807. The molecule has 5 heteroatoms. The van der Waals surface area contributed by atoms with Crippen molar-refractivity contribution in [3.05, 3.63) is 5.82 Å². The zero-order valence-electron chi connectivity index (χ0n) is 9.70. The van der Waals surface area contributed by atoms with Crippen molar-refractivity contribution in [2.24, 2.45) is 5.41 Å². The number of nitrogens with zero attached hydrogens (tertiary/aromatic N) is 3. The van der Waals surface area contributed by atoms with Crippen molar-refractivity contribution in [3.63, 3.8) is 0 Å². The monoisotopic (exact) mass is 222 g/mol. The third kappa shape index (κ3) is 1.59. The van der Waals surface area contributed by atoms with Gasteiger partial charge in [-0.2, -0.15) is 4.98 Å². The summed E-state index contributed by atoms with van der Waals surface area (Å²) in [7, 11) is 0. The molecule has 88 valence electrons. The lowest BCUT2D eigenvalue weighted by Gasteiger charge is -2.51. The van der Waals surface area contributed by atoms with Crippen molar-refractivity contribution in [1.82, 2.24) is 15.5 Å². The normalized spacial score (nSPS) is 23.4. The van der Waals surface area contributed by atoms with Crippen LogP contribution >= 0.6 is 0 Å². The number of aryl methyl sites for hydroxylation is 1. The van der Waals surface area contributed by atoms with Gasteiger partial charge in [-0.15, -0.1) is 0 Å². The molecule has 3 heterocycles. The van der Waals surface area contributed by atoms with Crippen LogP contribution in [0.25, 0.3) is 0 Å². The second kappa shape index (κ2) is 3.73. The third-order valence-electron chi connectivity index (χ3n) is 3.76. The highest BCUT2D eigenvalue weighted by molar-refractivity contribution is 5.33. The molecule has 1 aromatic heterocycles. The van der Waals surface area contributed by atoms with Gasteiger partial charge in [-0.25, -0.2) is 0 Å². The van der Waals surface area contributed by atoms with E-state index in [0.29, 0.717) is 11.4 Å². The second-order valence-corrected chi connectivity index (χ2v) is 4.95. The molecule has 0 aromatic carbocycles.